The van der Waals surface area contributed by atoms with E-state index in [1.165, 1.54) is 12.4 Å². The van der Waals surface area contributed by atoms with E-state index < -0.39 is 10.0 Å². The highest BCUT2D eigenvalue weighted by molar-refractivity contribution is 7.91. The normalized spacial score (nSPS) is 11.6. The number of nitrogens with one attached hydrogen (secondary N) is 1. The summed E-state index contributed by atoms with van der Waals surface area (Å²) in [6.45, 7) is 0.0751. The Morgan fingerprint density at radius 2 is 2.29 bits per heavy atom. The van der Waals surface area contributed by atoms with Crippen LogP contribution in [0.4, 0.5) is 0 Å². The second-order valence-electron chi connectivity index (χ2n) is 2.97. The summed E-state index contributed by atoms with van der Waals surface area (Å²) in [5.74, 6) is 0. The van der Waals surface area contributed by atoms with Crippen LogP contribution in [0.2, 0.25) is 4.47 Å². The van der Waals surface area contributed by atoms with Crippen LogP contribution in [0.1, 0.15) is 5.69 Å². The molecule has 0 amide bonds. The zero-order valence-corrected chi connectivity index (χ0v) is 10.8. The van der Waals surface area contributed by atoms with E-state index in [2.05, 4.69) is 19.9 Å². The lowest BCUT2D eigenvalue weighted by atomic mass is 10.4. The lowest BCUT2D eigenvalue weighted by Crippen LogP contribution is -2.23. The van der Waals surface area contributed by atoms with Crippen LogP contribution in [0.5, 0.6) is 0 Å². The number of aromatic nitrogens is 3. The minimum absolute atomic E-state index is 0.0751. The van der Waals surface area contributed by atoms with Crippen molar-refractivity contribution in [2.75, 3.05) is 0 Å². The van der Waals surface area contributed by atoms with E-state index in [1.54, 1.807) is 12.1 Å². The third-order valence-corrected chi connectivity index (χ3v) is 4.77. The van der Waals surface area contributed by atoms with Crippen LogP contribution in [0.15, 0.2) is 28.7 Å². The second kappa shape index (κ2) is 5.05. The molecule has 0 bridgehead atoms. The molecule has 0 aliphatic rings. The summed E-state index contributed by atoms with van der Waals surface area (Å²) in [6.07, 6.45) is 2.73. The van der Waals surface area contributed by atoms with Gasteiger partial charge in [0.15, 0.2) is 8.68 Å². The monoisotopic (exact) mass is 290 g/mol. The van der Waals surface area contributed by atoms with Crippen LogP contribution in [0, 0.1) is 0 Å². The molecular weight excluding hydrogens is 284 g/mol. The smallest absolute Gasteiger partial charge is 0.232 e. The van der Waals surface area contributed by atoms with E-state index in [0.717, 1.165) is 11.3 Å². The van der Waals surface area contributed by atoms with E-state index >= 15 is 0 Å². The van der Waals surface area contributed by atoms with Gasteiger partial charge in [0.05, 0.1) is 18.4 Å². The number of hydrogen-bond donors (Lipinski definition) is 1. The lowest BCUT2D eigenvalue weighted by molar-refractivity contribution is 0.582. The summed E-state index contributed by atoms with van der Waals surface area (Å²) in [7, 11) is -3.58. The number of hydrogen-bond acceptors (Lipinski definition) is 6. The van der Waals surface area contributed by atoms with Gasteiger partial charge in [-0.25, -0.2) is 18.1 Å². The predicted octanol–water partition coefficient (Wildman–Crippen LogP) is 1.06. The highest BCUT2D eigenvalue weighted by Gasteiger charge is 2.17. The number of halogens is 1. The molecule has 0 saturated carbocycles. The molecule has 0 unspecified atom stereocenters. The Morgan fingerprint density at radius 3 is 2.88 bits per heavy atom. The van der Waals surface area contributed by atoms with Crippen LogP contribution in [-0.4, -0.2) is 23.6 Å². The summed E-state index contributed by atoms with van der Waals surface area (Å²) < 4.78 is 26.2. The molecule has 0 aliphatic carbocycles. The highest BCUT2D eigenvalue weighted by atomic mass is 35.5. The molecule has 2 rings (SSSR count). The largest absolute Gasteiger partial charge is 0.252 e. The first-order valence-corrected chi connectivity index (χ1v) is 7.13. The summed E-state index contributed by atoms with van der Waals surface area (Å²) in [4.78, 5) is 3.67. The van der Waals surface area contributed by atoms with Crippen molar-refractivity contribution in [3.63, 3.8) is 0 Å². The summed E-state index contributed by atoms with van der Waals surface area (Å²) in [6, 6.07) is 3.36. The fourth-order valence-corrected chi connectivity index (χ4v) is 3.37. The molecule has 0 aliphatic heterocycles. The maximum atomic E-state index is 11.8. The minimum Gasteiger partial charge on any atom is -0.232 e. The first-order valence-electron chi connectivity index (χ1n) is 4.45. The van der Waals surface area contributed by atoms with Crippen molar-refractivity contribution in [1.29, 1.82) is 0 Å². The Bertz CT molecular complexity index is 599. The fourth-order valence-electron chi connectivity index (χ4n) is 1.03. The van der Waals surface area contributed by atoms with E-state index in [4.69, 9.17) is 11.6 Å². The van der Waals surface area contributed by atoms with Crippen molar-refractivity contribution < 1.29 is 8.42 Å². The van der Waals surface area contributed by atoms with Gasteiger partial charge in [-0.2, -0.15) is 10.2 Å². The van der Waals surface area contributed by atoms with Gasteiger partial charge in [0.2, 0.25) is 0 Å². The van der Waals surface area contributed by atoms with Gasteiger partial charge in [0, 0.05) is 6.20 Å². The maximum absolute atomic E-state index is 11.8. The molecule has 1 N–H and O–H groups in total. The Kier molecular flexibility index (Phi) is 3.67. The molecule has 2 aromatic rings. The molecule has 17 heavy (non-hydrogen) atoms. The van der Waals surface area contributed by atoms with Gasteiger partial charge in [-0.1, -0.05) is 22.9 Å². The predicted molar refractivity (Wildman–Crippen MR) is 63.2 cm³/mol. The van der Waals surface area contributed by atoms with Crippen LogP contribution < -0.4 is 4.72 Å². The second-order valence-corrected chi connectivity index (χ2v) is 6.58. The molecule has 0 radical (unpaired) electrons. The topological polar surface area (TPSA) is 84.8 Å². The van der Waals surface area contributed by atoms with E-state index in [1.807, 2.05) is 0 Å². The molecular formula is C8H7ClN4O2S2. The van der Waals surface area contributed by atoms with Crippen LogP contribution in [-0.2, 0) is 16.6 Å². The summed E-state index contributed by atoms with van der Waals surface area (Å²) in [5.41, 5.74) is 0.534. The zero-order valence-electron chi connectivity index (χ0n) is 8.37. The molecule has 0 aromatic carbocycles. The van der Waals surface area contributed by atoms with Crippen molar-refractivity contribution in [3.8, 4) is 0 Å². The lowest BCUT2D eigenvalue weighted by Gasteiger charge is -2.02. The molecule has 2 aromatic heterocycles. The van der Waals surface area contributed by atoms with Crippen molar-refractivity contribution >= 4 is 33.0 Å². The van der Waals surface area contributed by atoms with Gasteiger partial charge in [0.25, 0.3) is 10.0 Å². The van der Waals surface area contributed by atoms with Gasteiger partial charge in [-0.3, -0.25) is 0 Å². The van der Waals surface area contributed by atoms with E-state index in [9.17, 15) is 8.42 Å². The van der Waals surface area contributed by atoms with Gasteiger partial charge >= 0.3 is 0 Å². The van der Waals surface area contributed by atoms with Crippen molar-refractivity contribution in [2.24, 2.45) is 0 Å². The Labute approximate surface area is 107 Å². The molecule has 90 valence electrons. The quantitative estimate of drug-likeness (QED) is 0.910. The number of nitrogens with zero attached hydrogens (tertiary/aromatic N) is 3. The van der Waals surface area contributed by atoms with Gasteiger partial charge in [-0.15, -0.1) is 0 Å². The van der Waals surface area contributed by atoms with Gasteiger partial charge in [-0.05, 0) is 12.1 Å². The average Bonchev–Trinajstić information content (AvgIpc) is 2.76. The molecule has 0 saturated heterocycles. The number of sulfonamides is 1. The van der Waals surface area contributed by atoms with Crippen molar-refractivity contribution in [2.45, 2.75) is 10.8 Å². The standard InChI is InChI=1S/C8H7ClN4O2S2/c9-8-10-5-7(16-8)17(14,15)12-4-6-2-1-3-11-13-6/h1-3,5,12H,4H2. The third-order valence-electron chi connectivity index (χ3n) is 1.79. The molecule has 6 nitrogen and oxygen atoms in total. The van der Waals surface area contributed by atoms with Crippen LogP contribution in [0.3, 0.4) is 0 Å². The summed E-state index contributed by atoms with van der Waals surface area (Å²) in [5, 5.41) is 7.41. The van der Waals surface area contributed by atoms with Gasteiger partial charge in [0.1, 0.15) is 0 Å². The van der Waals surface area contributed by atoms with E-state index in [0.29, 0.717) is 5.69 Å². The van der Waals surface area contributed by atoms with Crippen molar-refractivity contribution in [3.05, 3.63) is 34.7 Å². The van der Waals surface area contributed by atoms with E-state index in [-0.39, 0.29) is 15.2 Å². The molecule has 0 fully saturated rings. The fraction of sp³-hybridized carbons (Fsp3) is 0.125. The number of thiazole rings is 1. The highest BCUT2D eigenvalue weighted by Crippen LogP contribution is 2.22. The molecule has 9 heteroatoms. The molecule has 2 heterocycles. The zero-order chi connectivity index (χ0) is 12.3. The molecule has 0 atom stereocenters. The Balaban J connectivity index is 2.09. The van der Waals surface area contributed by atoms with Gasteiger partial charge < -0.3 is 0 Å². The van der Waals surface area contributed by atoms with Crippen molar-refractivity contribution in [1.82, 2.24) is 19.9 Å². The van der Waals surface area contributed by atoms with Crippen LogP contribution >= 0.6 is 22.9 Å². The SMILES string of the molecule is O=S(=O)(NCc1cccnn1)c1cnc(Cl)s1. The average molecular weight is 291 g/mol. The third kappa shape index (κ3) is 3.19. The van der Waals surface area contributed by atoms with Crippen LogP contribution in [0.25, 0.3) is 0 Å². The minimum atomic E-state index is -3.58. The Morgan fingerprint density at radius 1 is 1.47 bits per heavy atom. The first kappa shape index (κ1) is 12.4. The molecule has 0 spiro atoms. The summed E-state index contributed by atoms with van der Waals surface area (Å²) >= 11 is 6.47. The first-order chi connectivity index (χ1) is 8.08. The maximum Gasteiger partial charge on any atom is 0.252 e. The number of rotatable bonds is 4. The Hall–Kier alpha value is -1.09.